The third kappa shape index (κ3) is 6.41. The Morgan fingerprint density at radius 2 is 1.08 bits per heavy atom. The first kappa shape index (κ1) is 45.8. The number of fused-ring (bicyclic) bond motifs is 14. The molecule has 0 unspecified atom stereocenters. The minimum Gasteiger partial charge on any atom is -0.456 e. The third-order valence-corrected chi connectivity index (χ3v) is 19.0. The highest BCUT2D eigenvalue weighted by molar-refractivity contribution is 7.32. The zero-order valence-corrected chi connectivity index (χ0v) is 46.1. The SMILES string of the molecule is CC(C)(C)c1ccc(N2B3c4sc5ccc(C(C)(C)C)cc5c4N(c4ccc(C(C)(C)C)cc4)c4cc5c(c(c43)-c3cc4c(cc32)oc2cc3c(cc24)C(C)(C)CCC3(C)C)C(C)(C)c2ccccc2-5)cc1. The van der Waals surface area contributed by atoms with Gasteiger partial charge in [0.1, 0.15) is 11.2 Å². The van der Waals surface area contributed by atoms with Crippen LogP contribution in [0.4, 0.5) is 28.4 Å². The molecule has 0 saturated heterocycles. The van der Waals surface area contributed by atoms with Crippen LogP contribution in [-0.2, 0) is 32.5 Å². The maximum Gasteiger partial charge on any atom is 0.343 e. The molecule has 0 bridgehead atoms. The highest BCUT2D eigenvalue weighted by Gasteiger charge is 2.51. The van der Waals surface area contributed by atoms with E-state index in [-0.39, 0.29) is 39.3 Å². The van der Waals surface area contributed by atoms with Crippen LogP contribution >= 0.6 is 11.3 Å². The molecule has 13 rings (SSSR count). The van der Waals surface area contributed by atoms with Crippen molar-refractivity contribution in [1.29, 1.82) is 0 Å². The van der Waals surface area contributed by atoms with E-state index in [0.717, 1.165) is 17.6 Å². The van der Waals surface area contributed by atoms with Crippen LogP contribution in [0.5, 0.6) is 0 Å². The Morgan fingerprint density at radius 1 is 0.514 bits per heavy atom. The van der Waals surface area contributed by atoms with E-state index in [4.69, 9.17) is 4.42 Å². The van der Waals surface area contributed by atoms with E-state index >= 15 is 0 Å². The fraction of sp³-hybridized carbons (Fsp3) is 0.343. The first-order valence-electron chi connectivity index (χ1n) is 26.6. The van der Waals surface area contributed by atoms with E-state index in [1.54, 1.807) is 0 Å². The van der Waals surface area contributed by atoms with Crippen LogP contribution in [0.2, 0.25) is 0 Å². The molecule has 0 amide bonds. The van der Waals surface area contributed by atoms with E-state index in [1.165, 1.54) is 127 Å². The van der Waals surface area contributed by atoms with Crippen molar-refractivity contribution in [3.63, 3.8) is 0 Å². The lowest BCUT2D eigenvalue weighted by Gasteiger charge is -2.46. The van der Waals surface area contributed by atoms with Crippen LogP contribution in [0.25, 0.3) is 54.3 Å². The molecule has 9 aromatic rings. The molecule has 362 valence electrons. The number of hydrogen-bond donors (Lipinski definition) is 0. The van der Waals surface area contributed by atoms with Crippen LogP contribution in [0, 0.1) is 0 Å². The summed E-state index contributed by atoms with van der Waals surface area (Å²) in [7, 11) is 0. The lowest BCUT2D eigenvalue weighted by Crippen LogP contribution is -2.61. The quantitative estimate of drug-likeness (QED) is 0.161. The second-order valence-corrected chi connectivity index (χ2v) is 28.0. The summed E-state index contributed by atoms with van der Waals surface area (Å²) in [5, 5.41) is 3.72. The number of thiophene rings is 1. The average Bonchev–Trinajstić information content (AvgIpc) is 3.95. The Balaban J connectivity index is 1.20. The van der Waals surface area contributed by atoms with Crippen LogP contribution in [0.15, 0.2) is 126 Å². The molecule has 4 aliphatic rings. The van der Waals surface area contributed by atoms with Crippen molar-refractivity contribution >= 4 is 88.9 Å². The summed E-state index contributed by atoms with van der Waals surface area (Å²) in [6, 6.07) is 48.1. The van der Waals surface area contributed by atoms with Gasteiger partial charge in [0, 0.05) is 65.4 Å². The Hall–Kier alpha value is -6.04. The number of rotatable bonds is 2. The molecule has 5 heteroatoms. The lowest BCUT2D eigenvalue weighted by molar-refractivity contribution is 0.332. The highest BCUT2D eigenvalue weighted by Crippen LogP contribution is 2.60. The summed E-state index contributed by atoms with van der Waals surface area (Å²) in [5.74, 6) is 0. The van der Waals surface area contributed by atoms with E-state index in [0.29, 0.717) is 0 Å². The van der Waals surface area contributed by atoms with Gasteiger partial charge in [0.15, 0.2) is 0 Å². The number of furan rings is 1. The van der Waals surface area contributed by atoms with Gasteiger partial charge in [-0.25, -0.2) is 0 Å². The first-order chi connectivity index (χ1) is 33.8. The van der Waals surface area contributed by atoms with Crippen LogP contribution in [-0.4, -0.2) is 6.85 Å². The van der Waals surface area contributed by atoms with Crippen LogP contribution < -0.4 is 20.0 Å². The molecule has 0 spiro atoms. The smallest absolute Gasteiger partial charge is 0.343 e. The number of benzene rings is 7. The fourth-order valence-corrected chi connectivity index (χ4v) is 14.6. The zero-order chi connectivity index (χ0) is 50.6. The van der Waals surface area contributed by atoms with Crippen molar-refractivity contribution in [3.8, 4) is 22.3 Å². The van der Waals surface area contributed by atoms with E-state index in [2.05, 4.69) is 235 Å². The molecular weight excluding hydrogens is 892 g/mol. The van der Waals surface area contributed by atoms with Gasteiger partial charge in [0.25, 0.3) is 0 Å². The molecule has 0 N–H and O–H groups in total. The summed E-state index contributed by atoms with van der Waals surface area (Å²) < 4.78 is 9.89. The molecule has 0 saturated carbocycles. The van der Waals surface area contributed by atoms with Crippen LogP contribution in [0.3, 0.4) is 0 Å². The van der Waals surface area contributed by atoms with Gasteiger partial charge in [-0.05, 0) is 162 Å². The van der Waals surface area contributed by atoms with E-state index in [9.17, 15) is 0 Å². The van der Waals surface area contributed by atoms with Crippen molar-refractivity contribution in [2.45, 2.75) is 149 Å². The van der Waals surface area contributed by atoms with Crippen LogP contribution in [0.1, 0.15) is 156 Å². The summed E-state index contributed by atoms with van der Waals surface area (Å²) in [6.07, 6.45) is 2.33. The van der Waals surface area contributed by atoms with Gasteiger partial charge < -0.3 is 14.1 Å². The lowest BCUT2D eigenvalue weighted by atomic mass is 9.45. The monoisotopic (exact) mass is 961 g/mol. The Bertz CT molecular complexity index is 3780. The topological polar surface area (TPSA) is 19.6 Å². The van der Waals surface area contributed by atoms with E-state index in [1.807, 2.05) is 11.3 Å². The predicted molar refractivity (Wildman–Crippen MR) is 312 cm³/mol. The largest absolute Gasteiger partial charge is 0.456 e. The van der Waals surface area contributed by atoms with Crippen molar-refractivity contribution in [1.82, 2.24) is 0 Å². The second-order valence-electron chi connectivity index (χ2n) is 26.9. The van der Waals surface area contributed by atoms with Crippen molar-refractivity contribution in [2.24, 2.45) is 0 Å². The minimum atomic E-state index is -0.266. The number of hydrogen-bond acceptors (Lipinski definition) is 4. The number of anilines is 5. The molecular formula is C67H69BN2OS. The van der Waals surface area contributed by atoms with Gasteiger partial charge in [-0.2, -0.15) is 0 Å². The molecule has 2 aliphatic heterocycles. The molecule has 7 aromatic carbocycles. The van der Waals surface area contributed by atoms with Gasteiger partial charge in [0.05, 0.1) is 5.69 Å². The maximum absolute atomic E-state index is 7.21. The summed E-state index contributed by atoms with van der Waals surface area (Å²) in [5.41, 5.74) is 24.3. The van der Waals surface area contributed by atoms with Crippen molar-refractivity contribution in [3.05, 3.63) is 160 Å². The predicted octanol–water partition coefficient (Wildman–Crippen LogP) is 18.1. The molecule has 0 radical (unpaired) electrons. The van der Waals surface area contributed by atoms with Crippen molar-refractivity contribution in [2.75, 3.05) is 9.71 Å². The van der Waals surface area contributed by atoms with Gasteiger partial charge in [-0.15, -0.1) is 11.3 Å². The minimum absolute atomic E-state index is 0.0132. The van der Waals surface area contributed by atoms with E-state index < -0.39 is 0 Å². The fourth-order valence-electron chi connectivity index (χ4n) is 13.4. The van der Waals surface area contributed by atoms with Crippen molar-refractivity contribution < 1.29 is 4.42 Å². The van der Waals surface area contributed by atoms with Gasteiger partial charge in [-0.1, -0.05) is 158 Å². The molecule has 2 aliphatic carbocycles. The Labute approximate surface area is 432 Å². The third-order valence-electron chi connectivity index (χ3n) is 17.8. The molecule has 0 fully saturated rings. The molecule has 3 nitrogen and oxygen atoms in total. The Morgan fingerprint density at radius 3 is 1.72 bits per heavy atom. The highest BCUT2D eigenvalue weighted by atomic mass is 32.1. The van der Waals surface area contributed by atoms with Gasteiger partial charge in [0.2, 0.25) is 0 Å². The molecule has 0 atom stereocenters. The summed E-state index contributed by atoms with van der Waals surface area (Å²) in [6.45, 7) is 35.5. The molecule has 72 heavy (non-hydrogen) atoms. The normalized spacial score (nSPS) is 17.2. The molecule has 4 heterocycles. The summed E-state index contributed by atoms with van der Waals surface area (Å²) >= 11 is 1.98. The zero-order valence-electron chi connectivity index (χ0n) is 45.2. The molecule has 2 aromatic heterocycles. The summed E-state index contributed by atoms with van der Waals surface area (Å²) in [4.78, 5) is 5.38. The standard InChI is InChI=1S/C67H69BN2OS/c1-62(2,3)38-20-25-41(26-21-38)69-53-35-46-43-18-16-17-19-49(43)67(14,15)58(46)57-47-33-44-45-34-50-51(66(12,13)31-30-65(50,10)11)36-54(45)71-55(44)37-52(47)70(42-27-22-39(23-28-42)63(4,5)6)68(59(53)57)61-60(69)48-32-40(64(7,8)9)24-29-56(48)72-61/h16-29,32-37H,30-31H2,1-15H3. The van der Waals surface area contributed by atoms with Gasteiger partial charge in [-0.3, -0.25) is 0 Å². The number of nitrogens with zero attached hydrogens (tertiary/aromatic N) is 2. The first-order valence-corrected chi connectivity index (χ1v) is 27.4. The van der Waals surface area contributed by atoms with Gasteiger partial charge >= 0.3 is 6.85 Å². The average molecular weight is 961 g/mol. The second kappa shape index (κ2) is 14.6. The maximum atomic E-state index is 7.21. The Kier molecular flexibility index (Phi) is 9.28.